The molecule has 2 N–H and O–H groups in total. The standard InChI is InChI=1S/C28H34N4O/c33-28(13-4-9-23-7-2-1-3-8-23)31-26-11-5-12-27(21-26)32-19-15-25(16-20-32)30-18-14-24-10-6-17-29-22-24/h1-3,5-8,10-12,17,21-22,25,30H,4,9,13-16,18-20H2,(H,31,33). The molecular formula is C28H34N4O. The van der Waals surface area contributed by atoms with E-state index in [-0.39, 0.29) is 5.91 Å². The highest BCUT2D eigenvalue weighted by molar-refractivity contribution is 5.91. The van der Waals surface area contributed by atoms with E-state index < -0.39 is 0 Å². The second kappa shape index (κ2) is 12.2. The van der Waals surface area contributed by atoms with Crippen molar-refractivity contribution in [1.82, 2.24) is 10.3 Å². The number of carbonyl (C=O) groups excluding carboxylic acids is 1. The Bertz CT molecular complexity index is 985. The molecule has 1 fully saturated rings. The van der Waals surface area contributed by atoms with Crippen molar-refractivity contribution in [3.63, 3.8) is 0 Å². The summed E-state index contributed by atoms with van der Waals surface area (Å²) in [6.07, 6.45) is 9.36. The number of aromatic nitrogens is 1. The quantitative estimate of drug-likeness (QED) is 0.472. The first-order valence-electron chi connectivity index (χ1n) is 12.1. The molecule has 0 radical (unpaired) electrons. The van der Waals surface area contributed by atoms with Crippen molar-refractivity contribution in [3.8, 4) is 0 Å². The summed E-state index contributed by atoms with van der Waals surface area (Å²) in [6.45, 7) is 3.04. The molecule has 0 saturated carbocycles. The van der Waals surface area contributed by atoms with Crippen LogP contribution in [0.2, 0.25) is 0 Å². The molecule has 1 aliphatic rings. The van der Waals surface area contributed by atoms with E-state index in [4.69, 9.17) is 0 Å². The zero-order valence-corrected chi connectivity index (χ0v) is 19.2. The number of pyridine rings is 1. The van der Waals surface area contributed by atoms with Crippen LogP contribution in [-0.2, 0) is 17.6 Å². The van der Waals surface area contributed by atoms with E-state index >= 15 is 0 Å². The predicted octanol–water partition coefficient (Wildman–Crippen LogP) is 4.84. The SMILES string of the molecule is O=C(CCCc1ccccc1)Nc1cccc(N2CCC(NCCc3cccnc3)CC2)c1. The van der Waals surface area contributed by atoms with Gasteiger partial charge in [-0.25, -0.2) is 0 Å². The van der Waals surface area contributed by atoms with Crippen LogP contribution in [0.1, 0.15) is 36.8 Å². The Morgan fingerprint density at radius 3 is 2.55 bits per heavy atom. The number of carbonyl (C=O) groups is 1. The first kappa shape index (κ1) is 23.0. The Labute approximate surface area is 197 Å². The molecule has 1 saturated heterocycles. The van der Waals surface area contributed by atoms with Crippen LogP contribution in [0.3, 0.4) is 0 Å². The number of anilines is 2. The highest BCUT2D eigenvalue weighted by Crippen LogP contribution is 2.23. The smallest absolute Gasteiger partial charge is 0.224 e. The average molecular weight is 443 g/mol. The van der Waals surface area contributed by atoms with Crippen LogP contribution in [0.25, 0.3) is 0 Å². The number of rotatable bonds is 10. The summed E-state index contributed by atoms with van der Waals surface area (Å²) in [6, 6.07) is 23.3. The first-order chi connectivity index (χ1) is 16.3. The van der Waals surface area contributed by atoms with Gasteiger partial charge < -0.3 is 15.5 Å². The monoisotopic (exact) mass is 442 g/mol. The lowest BCUT2D eigenvalue weighted by atomic mass is 10.0. The molecule has 1 amide bonds. The van der Waals surface area contributed by atoms with Gasteiger partial charge in [0.25, 0.3) is 0 Å². The predicted molar refractivity (Wildman–Crippen MR) is 136 cm³/mol. The van der Waals surface area contributed by atoms with Gasteiger partial charge in [-0.05, 0) is 74.0 Å². The molecule has 0 unspecified atom stereocenters. The summed E-state index contributed by atoms with van der Waals surface area (Å²) in [5, 5.41) is 6.78. The minimum atomic E-state index is 0.0830. The Morgan fingerprint density at radius 2 is 1.76 bits per heavy atom. The third kappa shape index (κ3) is 7.43. The molecule has 2 aromatic carbocycles. The van der Waals surface area contributed by atoms with E-state index in [1.54, 1.807) is 0 Å². The van der Waals surface area contributed by atoms with Crippen molar-refractivity contribution in [2.45, 2.75) is 44.6 Å². The van der Waals surface area contributed by atoms with E-state index in [1.165, 1.54) is 16.8 Å². The maximum Gasteiger partial charge on any atom is 0.224 e. The van der Waals surface area contributed by atoms with Crippen LogP contribution in [0, 0.1) is 0 Å². The summed E-state index contributed by atoms with van der Waals surface area (Å²) in [5.74, 6) is 0.0830. The van der Waals surface area contributed by atoms with E-state index in [9.17, 15) is 4.79 Å². The van der Waals surface area contributed by atoms with Gasteiger partial charge in [0.2, 0.25) is 5.91 Å². The first-order valence-corrected chi connectivity index (χ1v) is 12.1. The molecule has 4 rings (SSSR count). The van der Waals surface area contributed by atoms with Crippen molar-refractivity contribution in [2.24, 2.45) is 0 Å². The molecule has 33 heavy (non-hydrogen) atoms. The van der Waals surface area contributed by atoms with Crippen molar-refractivity contribution in [1.29, 1.82) is 0 Å². The Kier molecular flexibility index (Phi) is 8.48. The van der Waals surface area contributed by atoms with Crippen LogP contribution < -0.4 is 15.5 Å². The van der Waals surface area contributed by atoms with Gasteiger partial charge in [0, 0.05) is 49.3 Å². The summed E-state index contributed by atoms with van der Waals surface area (Å²) >= 11 is 0. The van der Waals surface area contributed by atoms with Crippen molar-refractivity contribution in [3.05, 3.63) is 90.3 Å². The van der Waals surface area contributed by atoms with Crippen LogP contribution in [0.4, 0.5) is 11.4 Å². The summed E-state index contributed by atoms with van der Waals surface area (Å²) in [4.78, 5) is 19.0. The Hall–Kier alpha value is -3.18. The molecule has 3 aromatic rings. The van der Waals surface area contributed by atoms with Gasteiger partial charge >= 0.3 is 0 Å². The van der Waals surface area contributed by atoms with Gasteiger partial charge in [-0.2, -0.15) is 0 Å². The van der Waals surface area contributed by atoms with Crippen LogP contribution in [-0.4, -0.2) is 36.6 Å². The van der Waals surface area contributed by atoms with E-state index in [1.807, 2.05) is 48.8 Å². The van der Waals surface area contributed by atoms with Crippen molar-refractivity contribution >= 4 is 17.3 Å². The Morgan fingerprint density at radius 1 is 0.939 bits per heavy atom. The molecule has 5 nitrogen and oxygen atoms in total. The zero-order valence-electron chi connectivity index (χ0n) is 19.2. The van der Waals surface area contributed by atoms with Gasteiger partial charge in [0.1, 0.15) is 0 Å². The lowest BCUT2D eigenvalue weighted by Gasteiger charge is -2.34. The number of hydrogen-bond acceptors (Lipinski definition) is 4. The van der Waals surface area contributed by atoms with Gasteiger partial charge in [-0.3, -0.25) is 9.78 Å². The molecule has 0 spiro atoms. The van der Waals surface area contributed by atoms with Crippen LogP contribution >= 0.6 is 0 Å². The molecule has 0 atom stereocenters. The maximum atomic E-state index is 12.4. The second-order valence-electron chi connectivity index (χ2n) is 8.76. The van der Waals surface area contributed by atoms with E-state index in [0.29, 0.717) is 12.5 Å². The molecule has 1 aliphatic heterocycles. The largest absolute Gasteiger partial charge is 0.371 e. The summed E-state index contributed by atoms with van der Waals surface area (Å²) in [5.41, 5.74) is 4.63. The molecule has 2 heterocycles. The molecular weight excluding hydrogens is 408 g/mol. The Balaban J connectivity index is 1.18. The van der Waals surface area contributed by atoms with Crippen molar-refractivity contribution < 1.29 is 4.79 Å². The average Bonchev–Trinajstić information content (AvgIpc) is 2.86. The summed E-state index contributed by atoms with van der Waals surface area (Å²) < 4.78 is 0. The number of nitrogens with zero attached hydrogens (tertiary/aromatic N) is 2. The third-order valence-corrected chi connectivity index (χ3v) is 6.27. The van der Waals surface area contributed by atoms with Gasteiger partial charge in [-0.15, -0.1) is 0 Å². The zero-order chi connectivity index (χ0) is 22.7. The minimum absolute atomic E-state index is 0.0830. The van der Waals surface area contributed by atoms with Crippen LogP contribution in [0.5, 0.6) is 0 Å². The molecule has 1 aromatic heterocycles. The highest BCUT2D eigenvalue weighted by Gasteiger charge is 2.19. The fourth-order valence-corrected chi connectivity index (χ4v) is 4.41. The molecule has 5 heteroatoms. The fourth-order valence-electron chi connectivity index (χ4n) is 4.41. The number of amides is 1. The lowest BCUT2D eigenvalue weighted by molar-refractivity contribution is -0.116. The van der Waals surface area contributed by atoms with Crippen molar-refractivity contribution in [2.75, 3.05) is 29.9 Å². The molecule has 0 bridgehead atoms. The second-order valence-corrected chi connectivity index (χ2v) is 8.76. The normalized spacial score (nSPS) is 14.2. The molecule has 0 aliphatic carbocycles. The topological polar surface area (TPSA) is 57.3 Å². The third-order valence-electron chi connectivity index (χ3n) is 6.27. The highest BCUT2D eigenvalue weighted by atomic mass is 16.1. The number of aryl methyl sites for hydroxylation is 1. The fraction of sp³-hybridized carbons (Fsp3) is 0.357. The number of piperidine rings is 1. The van der Waals surface area contributed by atoms with Crippen LogP contribution in [0.15, 0.2) is 79.1 Å². The minimum Gasteiger partial charge on any atom is -0.371 e. The lowest BCUT2D eigenvalue weighted by Crippen LogP contribution is -2.43. The number of benzene rings is 2. The maximum absolute atomic E-state index is 12.4. The van der Waals surface area contributed by atoms with E-state index in [2.05, 4.69) is 50.8 Å². The van der Waals surface area contributed by atoms with Gasteiger partial charge in [0.15, 0.2) is 0 Å². The van der Waals surface area contributed by atoms with Gasteiger partial charge in [-0.1, -0.05) is 42.5 Å². The molecule has 172 valence electrons. The van der Waals surface area contributed by atoms with Gasteiger partial charge in [0.05, 0.1) is 0 Å². The number of hydrogen-bond donors (Lipinski definition) is 2. The summed E-state index contributed by atoms with van der Waals surface area (Å²) in [7, 11) is 0. The number of nitrogens with one attached hydrogen (secondary N) is 2. The van der Waals surface area contributed by atoms with E-state index in [0.717, 1.165) is 57.4 Å².